The molecule has 0 aromatic carbocycles. The van der Waals surface area contributed by atoms with Gasteiger partial charge in [0.15, 0.2) is 0 Å². The molecule has 0 rings (SSSR count). The Labute approximate surface area is 155 Å². The number of carbonyl (C=O) groups excluding carboxylic acids is 3. The summed E-state index contributed by atoms with van der Waals surface area (Å²) in [5, 5.41) is 24.2. The molecule has 0 saturated heterocycles. The lowest BCUT2D eigenvalue weighted by atomic mass is 10.1. The summed E-state index contributed by atoms with van der Waals surface area (Å²) >= 11 is 3.94. The summed E-state index contributed by atoms with van der Waals surface area (Å²) in [6.45, 7) is 2.61. The number of hydrogen-bond donors (Lipinski definition) is 7. The number of carbonyl (C=O) groups is 5. The molecule has 0 aromatic rings. The average molecular weight is 392 g/mol. The van der Waals surface area contributed by atoms with Gasteiger partial charge in [0.25, 0.3) is 0 Å². The predicted octanol–water partition coefficient (Wildman–Crippen LogP) is -2.31. The maximum atomic E-state index is 12.1. The maximum absolute atomic E-state index is 12.1. The van der Waals surface area contributed by atoms with Gasteiger partial charge < -0.3 is 31.9 Å². The molecule has 4 unspecified atom stereocenters. The van der Waals surface area contributed by atoms with Gasteiger partial charge in [-0.25, -0.2) is 0 Å². The standard InChI is InChI=1S/C14H24N4O7S/c1-6(16-12(22)8(15)3-4-10(19)20)11(21)18-9(5-26)13(23)17-7(2)14(24)25/h6-9,26H,3-5,15H2,1-2H3,(H,16,22)(H,17,23)(H,18,21)(H,19,20)(H,24,25). The zero-order valence-electron chi connectivity index (χ0n) is 14.4. The fourth-order valence-electron chi connectivity index (χ4n) is 1.66. The van der Waals surface area contributed by atoms with E-state index in [9.17, 15) is 24.0 Å². The molecule has 3 amide bonds. The van der Waals surface area contributed by atoms with Crippen LogP contribution in [0.25, 0.3) is 0 Å². The summed E-state index contributed by atoms with van der Waals surface area (Å²) in [6, 6.07) is -4.40. The number of rotatable bonds is 11. The second-order valence-electron chi connectivity index (χ2n) is 5.58. The second kappa shape index (κ2) is 11.3. The quantitative estimate of drug-likeness (QED) is 0.191. The largest absolute Gasteiger partial charge is 0.481 e. The number of thiol groups is 1. The summed E-state index contributed by atoms with van der Waals surface area (Å²) in [6.07, 6.45) is -0.386. The number of hydrogen-bond acceptors (Lipinski definition) is 7. The minimum absolute atomic E-state index is 0.0930. The first-order valence-corrected chi connectivity index (χ1v) is 8.35. The number of nitrogens with two attached hydrogens (primary N) is 1. The summed E-state index contributed by atoms with van der Waals surface area (Å²) in [5.41, 5.74) is 5.53. The van der Waals surface area contributed by atoms with E-state index in [0.29, 0.717) is 0 Å². The van der Waals surface area contributed by atoms with Gasteiger partial charge in [0.2, 0.25) is 17.7 Å². The molecule has 0 heterocycles. The van der Waals surface area contributed by atoms with E-state index in [-0.39, 0.29) is 18.6 Å². The second-order valence-corrected chi connectivity index (χ2v) is 5.95. The van der Waals surface area contributed by atoms with Gasteiger partial charge in [-0.15, -0.1) is 0 Å². The molecule has 26 heavy (non-hydrogen) atoms. The fourth-order valence-corrected chi connectivity index (χ4v) is 1.92. The Morgan fingerprint density at radius 2 is 1.46 bits per heavy atom. The Bertz CT molecular complexity index is 557. The van der Waals surface area contributed by atoms with Crippen LogP contribution in [0.2, 0.25) is 0 Å². The number of carboxylic acids is 2. The van der Waals surface area contributed by atoms with Crippen molar-refractivity contribution in [3.8, 4) is 0 Å². The molecule has 0 bridgehead atoms. The topological polar surface area (TPSA) is 188 Å². The van der Waals surface area contributed by atoms with Gasteiger partial charge in [0.1, 0.15) is 18.1 Å². The predicted molar refractivity (Wildman–Crippen MR) is 93.5 cm³/mol. The van der Waals surface area contributed by atoms with Crippen LogP contribution in [0, 0.1) is 0 Å². The average Bonchev–Trinajstić information content (AvgIpc) is 2.56. The SMILES string of the molecule is CC(NC(=O)C(CS)NC(=O)C(C)NC(=O)C(N)CCC(=O)O)C(=O)O. The first-order valence-electron chi connectivity index (χ1n) is 7.71. The third-order valence-electron chi connectivity index (χ3n) is 3.30. The van der Waals surface area contributed by atoms with E-state index < -0.39 is 53.8 Å². The normalized spacial score (nSPS) is 15.1. The van der Waals surface area contributed by atoms with E-state index in [1.165, 1.54) is 13.8 Å². The van der Waals surface area contributed by atoms with Gasteiger partial charge in [0, 0.05) is 12.2 Å². The lowest BCUT2D eigenvalue weighted by molar-refractivity contribution is -0.141. The molecular formula is C14H24N4O7S. The van der Waals surface area contributed by atoms with Crippen LogP contribution < -0.4 is 21.7 Å². The van der Waals surface area contributed by atoms with Crippen LogP contribution in [0.1, 0.15) is 26.7 Å². The highest BCUT2D eigenvalue weighted by Crippen LogP contribution is 1.97. The molecule has 0 spiro atoms. The van der Waals surface area contributed by atoms with Crippen molar-refractivity contribution < 1.29 is 34.2 Å². The van der Waals surface area contributed by atoms with Crippen LogP contribution in [-0.4, -0.2) is 69.8 Å². The molecule has 11 nitrogen and oxygen atoms in total. The zero-order valence-corrected chi connectivity index (χ0v) is 15.3. The molecule has 0 aliphatic rings. The molecule has 0 aromatic heterocycles. The number of nitrogens with one attached hydrogen (secondary N) is 3. The van der Waals surface area contributed by atoms with Gasteiger partial charge in [-0.05, 0) is 20.3 Å². The van der Waals surface area contributed by atoms with Crippen LogP contribution in [0.5, 0.6) is 0 Å². The van der Waals surface area contributed by atoms with Crippen molar-refractivity contribution in [1.29, 1.82) is 0 Å². The van der Waals surface area contributed by atoms with Crippen LogP contribution in [0.4, 0.5) is 0 Å². The highest BCUT2D eigenvalue weighted by atomic mass is 32.1. The molecule has 0 fully saturated rings. The lowest BCUT2D eigenvalue weighted by Crippen LogP contribution is -2.56. The van der Waals surface area contributed by atoms with Crippen molar-refractivity contribution in [3.05, 3.63) is 0 Å². The fraction of sp³-hybridized carbons (Fsp3) is 0.643. The zero-order chi connectivity index (χ0) is 20.4. The summed E-state index contributed by atoms with van der Waals surface area (Å²) in [7, 11) is 0. The maximum Gasteiger partial charge on any atom is 0.325 e. The molecule has 12 heteroatoms. The Morgan fingerprint density at radius 3 is 1.92 bits per heavy atom. The highest BCUT2D eigenvalue weighted by Gasteiger charge is 2.26. The number of carboxylic acid groups (broad SMARTS) is 2. The van der Waals surface area contributed by atoms with Crippen LogP contribution >= 0.6 is 12.6 Å². The minimum Gasteiger partial charge on any atom is -0.481 e. The Morgan fingerprint density at radius 1 is 0.923 bits per heavy atom. The smallest absolute Gasteiger partial charge is 0.325 e. The lowest BCUT2D eigenvalue weighted by Gasteiger charge is -2.21. The molecule has 148 valence electrons. The summed E-state index contributed by atoms with van der Waals surface area (Å²) in [5.74, 6) is -4.58. The van der Waals surface area contributed by atoms with Gasteiger partial charge in [-0.3, -0.25) is 24.0 Å². The summed E-state index contributed by atoms with van der Waals surface area (Å²) in [4.78, 5) is 57.0. The Hall–Kier alpha value is -2.34. The third kappa shape index (κ3) is 8.67. The monoisotopic (exact) mass is 392 g/mol. The Kier molecular flexibility index (Phi) is 10.3. The van der Waals surface area contributed by atoms with Crippen molar-refractivity contribution in [1.82, 2.24) is 16.0 Å². The molecule has 0 aliphatic carbocycles. The van der Waals surface area contributed by atoms with Crippen molar-refractivity contribution in [2.24, 2.45) is 5.73 Å². The van der Waals surface area contributed by atoms with Crippen molar-refractivity contribution >= 4 is 42.3 Å². The molecule has 0 saturated carbocycles. The van der Waals surface area contributed by atoms with Crippen LogP contribution in [0.3, 0.4) is 0 Å². The summed E-state index contributed by atoms with van der Waals surface area (Å²) < 4.78 is 0. The Balaban J connectivity index is 4.61. The van der Waals surface area contributed by atoms with Gasteiger partial charge in [-0.2, -0.15) is 12.6 Å². The van der Waals surface area contributed by atoms with E-state index in [1.54, 1.807) is 0 Å². The highest BCUT2D eigenvalue weighted by molar-refractivity contribution is 7.80. The molecular weight excluding hydrogens is 368 g/mol. The number of aliphatic carboxylic acids is 2. The minimum atomic E-state index is -1.24. The first-order chi connectivity index (χ1) is 12.0. The van der Waals surface area contributed by atoms with Crippen molar-refractivity contribution in [2.45, 2.75) is 50.9 Å². The van der Waals surface area contributed by atoms with E-state index >= 15 is 0 Å². The molecule has 0 aliphatic heterocycles. The molecule has 4 atom stereocenters. The van der Waals surface area contributed by atoms with Crippen LogP contribution in [0.15, 0.2) is 0 Å². The molecule has 7 N–H and O–H groups in total. The van der Waals surface area contributed by atoms with E-state index in [4.69, 9.17) is 15.9 Å². The van der Waals surface area contributed by atoms with E-state index in [0.717, 1.165) is 0 Å². The van der Waals surface area contributed by atoms with Gasteiger partial charge >= 0.3 is 11.9 Å². The van der Waals surface area contributed by atoms with E-state index in [1.807, 2.05) is 0 Å². The van der Waals surface area contributed by atoms with Crippen LogP contribution in [-0.2, 0) is 24.0 Å². The third-order valence-corrected chi connectivity index (χ3v) is 3.67. The first kappa shape index (κ1) is 23.7. The molecule has 0 radical (unpaired) electrons. The van der Waals surface area contributed by atoms with Gasteiger partial charge in [-0.1, -0.05) is 0 Å². The van der Waals surface area contributed by atoms with Gasteiger partial charge in [0.05, 0.1) is 6.04 Å². The van der Waals surface area contributed by atoms with Crippen molar-refractivity contribution in [2.75, 3.05) is 5.75 Å². The number of amides is 3. The van der Waals surface area contributed by atoms with Crippen molar-refractivity contribution in [3.63, 3.8) is 0 Å². The van der Waals surface area contributed by atoms with E-state index in [2.05, 4.69) is 28.6 Å².